The zero-order valence-corrected chi connectivity index (χ0v) is 12.7. The number of nitrogens with zero attached hydrogens (tertiary/aromatic N) is 5. The Morgan fingerprint density at radius 3 is 3.00 bits per heavy atom. The van der Waals surface area contributed by atoms with Crippen molar-refractivity contribution in [3.05, 3.63) is 48.6 Å². The highest BCUT2D eigenvalue weighted by atomic mass is 19.1. The third-order valence-electron chi connectivity index (χ3n) is 3.28. The van der Waals surface area contributed by atoms with Crippen molar-refractivity contribution in [2.24, 2.45) is 0 Å². The maximum absolute atomic E-state index is 13.7. The summed E-state index contributed by atoms with van der Waals surface area (Å²) in [5.41, 5.74) is 0.256. The Morgan fingerprint density at radius 2 is 2.21 bits per heavy atom. The summed E-state index contributed by atoms with van der Waals surface area (Å²) in [5, 5.41) is 10.4. The highest BCUT2D eigenvalue weighted by Crippen LogP contribution is 2.18. The van der Waals surface area contributed by atoms with Crippen LogP contribution in [-0.4, -0.2) is 30.8 Å². The number of hydrogen-bond donors (Lipinski definition) is 1. The number of aryl methyl sites for hydroxylation is 1. The molecular formula is C15H15FN6O2. The summed E-state index contributed by atoms with van der Waals surface area (Å²) < 4.78 is 20.3. The van der Waals surface area contributed by atoms with Crippen LogP contribution in [0.3, 0.4) is 0 Å². The summed E-state index contributed by atoms with van der Waals surface area (Å²) in [7, 11) is 0. The van der Waals surface area contributed by atoms with Crippen molar-refractivity contribution in [3.8, 4) is 11.4 Å². The van der Waals surface area contributed by atoms with Gasteiger partial charge in [-0.2, -0.15) is 10.1 Å². The second kappa shape index (κ2) is 7.44. The highest BCUT2D eigenvalue weighted by molar-refractivity contribution is 5.75. The van der Waals surface area contributed by atoms with Crippen LogP contribution >= 0.6 is 0 Å². The zero-order chi connectivity index (χ0) is 16.8. The van der Waals surface area contributed by atoms with Crippen molar-refractivity contribution in [1.82, 2.24) is 30.2 Å². The molecule has 0 atom stereocenters. The lowest BCUT2D eigenvalue weighted by molar-refractivity contribution is -0.121. The van der Waals surface area contributed by atoms with E-state index in [0.29, 0.717) is 19.4 Å². The van der Waals surface area contributed by atoms with Gasteiger partial charge >= 0.3 is 0 Å². The number of nitrogens with one attached hydrogen (secondary N) is 1. The highest BCUT2D eigenvalue weighted by Gasteiger charge is 2.12. The van der Waals surface area contributed by atoms with Crippen LogP contribution in [0.5, 0.6) is 0 Å². The first-order valence-electron chi connectivity index (χ1n) is 7.39. The Balaban J connectivity index is 1.47. The van der Waals surface area contributed by atoms with Crippen LogP contribution in [0.15, 0.2) is 41.4 Å². The third-order valence-corrected chi connectivity index (χ3v) is 3.28. The Bertz CT molecular complexity index is 802. The lowest BCUT2D eigenvalue weighted by Crippen LogP contribution is -2.23. The standard InChI is InChI=1S/C15H15FN6O2/c16-12-5-2-1-4-11(12)15-20-14(24-21-15)8-18-13(23)6-3-7-22-10-17-9-19-22/h1-2,4-5,9-10H,3,6-8H2,(H,18,23). The first-order chi connectivity index (χ1) is 11.7. The molecule has 0 radical (unpaired) electrons. The number of halogens is 1. The number of carbonyl (C=O) groups excluding carboxylic acids is 1. The van der Waals surface area contributed by atoms with Crippen LogP contribution in [-0.2, 0) is 17.9 Å². The summed E-state index contributed by atoms with van der Waals surface area (Å²) >= 11 is 0. The van der Waals surface area contributed by atoms with Gasteiger partial charge in [0.25, 0.3) is 0 Å². The number of aromatic nitrogens is 5. The molecule has 0 aliphatic heterocycles. The van der Waals surface area contributed by atoms with E-state index in [1.54, 1.807) is 29.2 Å². The van der Waals surface area contributed by atoms with Gasteiger partial charge in [0.15, 0.2) is 0 Å². The van der Waals surface area contributed by atoms with Gasteiger partial charge < -0.3 is 9.84 Å². The molecule has 0 fully saturated rings. The van der Waals surface area contributed by atoms with E-state index in [0.717, 1.165) is 0 Å². The van der Waals surface area contributed by atoms with Gasteiger partial charge in [0.05, 0.1) is 12.1 Å². The Morgan fingerprint density at radius 1 is 1.33 bits per heavy atom. The molecule has 3 rings (SSSR count). The Labute approximate surface area is 136 Å². The SMILES string of the molecule is O=C(CCCn1cncn1)NCc1nc(-c2ccccc2F)no1. The summed E-state index contributed by atoms with van der Waals surface area (Å²) in [6, 6.07) is 6.15. The van der Waals surface area contributed by atoms with E-state index in [1.807, 2.05) is 0 Å². The van der Waals surface area contributed by atoms with Gasteiger partial charge in [0, 0.05) is 13.0 Å². The average Bonchev–Trinajstić information content (AvgIpc) is 3.25. The average molecular weight is 330 g/mol. The molecule has 1 amide bonds. The zero-order valence-electron chi connectivity index (χ0n) is 12.7. The fourth-order valence-electron chi connectivity index (χ4n) is 2.09. The summed E-state index contributed by atoms with van der Waals surface area (Å²) in [6.45, 7) is 0.717. The molecule has 0 bridgehead atoms. The number of hydrogen-bond acceptors (Lipinski definition) is 6. The molecule has 0 spiro atoms. The number of rotatable bonds is 7. The molecule has 124 valence electrons. The molecule has 0 saturated heterocycles. The van der Waals surface area contributed by atoms with E-state index in [4.69, 9.17) is 4.52 Å². The molecule has 8 nitrogen and oxygen atoms in total. The normalized spacial score (nSPS) is 10.7. The van der Waals surface area contributed by atoms with E-state index in [2.05, 4.69) is 25.5 Å². The largest absolute Gasteiger partial charge is 0.347 e. The lowest BCUT2D eigenvalue weighted by atomic mass is 10.2. The summed E-state index contributed by atoms with van der Waals surface area (Å²) in [4.78, 5) is 19.7. The van der Waals surface area contributed by atoms with Crippen LogP contribution in [0.4, 0.5) is 4.39 Å². The molecule has 1 N–H and O–H groups in total. The minimum Gasteiger partial charge on any atom is -0.347 e. The van der Waals surface area contributed by atoms with Gasteiger partial charge in [0.2, 0.25) is 17.6 Å². The lowest BCUT2D eigenvalue weighted by Gasteiger charge is -2.02. The van der Waals surface area contributed by atoms with Crippen molar-refractivity contribution >= 4 is 5.91 Å². The van der Waals surface area contributed by atoms with E-state index in [-0.39, 0.29) is 29.7 Å². The van der Waals surface area contributed by atoms with E-state index >= 15 is 0 Å². The number of benzene rings is 1. The molecule has 3 aromatic rings. The molecule has 0 unspecified atom stereocenters. The number of amides is 1. The minimum absolute atomic E-state index is 0.101. The Hall–Kier alpha value is -3.10. The maximum atomic E-state index is 13.7. The predicted molar refractivity (Wildman–Crippen MR) is 80.8 cm³/mol. The van der Waals surface area contributed by atoms with Crippen molar-refractivity contribution in [1.29, 1.82) is 0 Å². The maximum Gasteiger partial charge on any atom is 0.246 e. The second-order valence-corrected chi connectivity index (χ2v) is 5.03. The van der Waals surface area contributed by atoms with Crippen molar-refractivity contribution in [2.75, 3.05) is 0 Å². The van der Waals surface area contributed by atoms with Gasteiger partial charge in [0.1, 0.15) is 18.5 Å². The van der Waals surface area contributed by atoms with Crippen LogP contribution in [0.1, 0.15) is 18.7 Å². The van der Waals surface area contributed by atoms with Gasteiger partial charge in [-0.05, 0) is 18.6 Å². The molecule has 0 aliphatic carbocycles. The molecule has 2 aromatic heterocycles. The monoisotopic (exact) mass is 330 g/mol. The molecule has 2 heterocycles. The van der Waals surface area contributed by atoms with Crippen LogP contribution < -0.4 is 5.32 Å². The first kappa shape index (κ1) is 15.8. The minimum atomic E-state index is -0.429. The van der Waals surface area contributed by atoms with Gasteiger partial charge in [-0.1, -0.05) is 17.3 Å². The topological polar surface area (TPSA) is 98.7 Å². The van der Waals surface area contributed by atoms with E-state index < -0.39 is 5.82 Å². The van der Waals surface area contributed by atoms with E-state index in [1.165, 1.54) is 12.4 Å². The molecule has 9 heteroatoms. The summed E-state index contributed by atoms with van der Waals surface area (Å²) in [5.74, 6) is -0.191. The van der Waals surface area contributed by atoms with Crippen molar-refractivity contribution < 1.29 is 13.7 Å². The first-order valence-corrected chi connectivity index (χ1v) is 7.39. The van der Waals surface area contributed by atoms with Gasteiger partial charge in [-0.3, -0.25) is 9.48 Å². The second-order valence-electron chi connectivity index (χ2n) is 5.03. The fourth-order valence-corrected chi connectivity index (χ4v) is 2.09. The van der Waals surface area contributed by atoms with E-state index in [9.17, 15) is 9.18 Å². The Kier molecular flexibility index (Phi) is 4.90. The van der Waals surface area contributed by atoms with Crippen molar-refractivity contribution in [2.45, 2.75) is 25.9 Å². The smallest absolute Gasteiger partial charge is 0.246 e. The molecule has 0 aliphatic rings. The van der Waals surface area contributed by atoms with Crippen molar-refractivity contribution in [3.63, 3.8) is 0 Å². The quantitative estimate of drug-likeness (QED) is 0.706. The third kappa shape index (κ3) is 4.00. The predicted octanol–water partition coefficient (Wildman–Crippen LogP) is 1.56. The summed E-state index contributed by atoms with van der Waals surface area (Å²) in [6.07, 6.45) is 4.02. The van der Waals surface area contributed by atoms with Gasteiger partial charge in [-0.25, -0.2) is 9.37 Å². The van der Waals surface area contributed by atoms with Crippen LogP contribution in [0, 0.1) is 5.82 Å². The fraction of sp³-hybridized carbons (Fsp3) is 0.267. The molecule has 24 heavy (non-hydrogen) atoms. The van der Waals surface area contributed by atoms with Crippen LogP contribution in [0.2, 0.25) is 0 Å². The number of carbonyl (C=O) groups is 1. The molecule has 1 aromatic carbocycles. The molecule has 0 saturated carbocycles. The van der Waals surface area contributed by atoms with Crippen LogP contribution in [0.25, 0.3) is 11.4 Å². The molecular weight excluding hydrogens is 315 g/mol. The van der Waals surface area contributed by atoms with Gasteiger partial charge in [-0.15, -0.1) is 0 Å².